The third-order valence-electron chi connectivity index (χ3n) is 2.72. The van der Waals surface area contributed by atoms with Gasteiger partial charge in [-0.1, -0.05) is 12.1 Å². The Kier molecular flexibility index (Phi) is 5.70. The van der Waals surface area contributed by atoms with E-state index in [2.05, 4.69) is 0 Å². The summed E-state index contributed by atoms with van der Waals surface area (Å²) in [4.78, 5) is 12.1. The summed E-state index contributed by atoms with van der Waals surface area (Å²) in [7, 11) is 1.60. The Morgan fingerprint density at radius 2 is 2.05 bits per heavy atom. The molecule has 0 saturated heterocycles. The van der Waals surface area contributed by atoms with Crippen molar-refractivity contribution >= 4 is 22.8 Å². The molecule has 1 heterocycles. The predicted octanol–water partition coefficient (Wildman–Crippen LogP) is 2.75. The maximum atomic E-state index is 12.1. The maximum absolute atomic E-state index is 12.1. The van der Waals surface area contributed by atoms with Crippen LogP contribution in [0.25, 0.3) is 0 Å². The molecule has 100 valence electrons. The number of aryl methyl sites for hydroxylation is 1. The van der Waals surface area contributed by atoms with Crippen molar-refractivity contribution in [3.05, 3.63) is 59.9 Å². The lowest BCUT2D eigenvalue weighted by atomic mass is 10.1. The first-order valence-electron chi connectivity index (χ1n) is 5.82. The quantitative estimate of drug-likeness (QED) is 0.640. The molecule has 0 saturated carbocycles. The van der Waals surface area contributed by atoms with Gasteiger partial charge in [0, 0.05) is 17.2 Å². The summed E-state index contributed by atoms with van der Waals surface area (Å²) in [5.41, 5.74) is 1.80. The number of nitrogens with zero attached hydrogens (tertiary/aromatic N) is 1. The minimum absolute atomic E-state index is 0. The molecule has 0 aliphatic carbocycles. The second kappa shape index (κ2) is 7.04. The van der Waals surface area contributed by atoms with Crippen molar-refractivity contribution in [1.82, 2.24) is 0 Å². The normalized spacial score (nSPS) is 9.58. The molecule has 1 aromatic heterocycles. The van der Waals surface area contributed by atoms with E-state index < -0.39 is 0 Å². The fourth-order valence-electron chi connectivity index (χ4n) is 1.80. The Bertz CT molecular complexity index is 570. The van der Waals surface area contributed by atoms with Gasteiger partial charge in [-0.25, -0.2) is 0 Å². The van der Waals surface area contributed by atoms with Gasteiger partial charge in [0.2, 0.25) is 12.3 Å². The lowest BCUT2D eigenvalue weighted by Crippen LogP contribution is -2.37. The van der Waals surface area contributed by atoms with E-state index in [4.69, 9.17) is 4.74 Å². The Balaban J connectivity index is 0.00000180. The Morgan fingerprint density at radius 1 is 1.26 bits per heavy atom. The van der Waals surface area contributed by atoms with Crippen molar-refractivity contribution in [1.29, 1.82) is 0 Å². The van der Waals surface area contributed by atoms with E-state index in [1.54, 1.807) is 19.2 Å². The number of aromatic nitrogens is 1. The van der Waals surface area contributed by atoms with Gasteiger partial charge in [-0.2, -0.15) is 4.57 Å². The zero-order valence-electron chi connectivity index (χ0n) is 11.0. The first-order valence-corrected chi connectivity index (χ1v) is 5.82. The summed E-state index contributed by atoms with van der Waals surface area (Å²) < 4.78 is 7.00. The van der Waals surface area contributed by atoms with Crippen molar-refractivity contribution in [2.75, 3.05) is 7.11 Å². The van der Waals surface area contributed by atoms with Crippen molar-refractivity contribution in [2.24, 2.45) is 0 Å². The van der Waals surface area contributed by atoms with Crippen LogP contribution in [0, 0.1) is 6.92 Å². The van der Waals surface area contributed by atoms with Gasteiger partial charge in [0.1, 0.15) is 5.75 Å². The number of Topliss-reactive ketones (excluding diaryl/α,β-unsaturated/α-hetero) is 1. The van der Waals surface area contributed by atoms with Crippen molar-refractivity contribution in [3.8, 4) is 5.75 Å². The number of carbonyl (C=O) groups is 1. The molecule has 0 spiro atoms. The average molecular weight is 323 g/mol. The largest absolute Gasteiger partial charge is 0.497 e. The number of hydrogen-bond donors (Lipinski definition) is 0. The highest BCUT2D eigenvalue weighted by Crippen LogP contribution is 2.12. The first kappa shape index (κ1) is 15.4. The second-order valence-electron chi connectivity index (χ2n) is 4.21. The van der Waals surface area contributed by atoms with E-state index in [-0.39, 0.29) is 22.8 Å². The summed E-state index contributed by atoms with van der Waals surface area (Å²) in [6, 6.07) is 11.2. The van der Waals surface area contributed by atoms with Crippen molar-refractivity contribution in [3.63, 3.8) is 0 Å². The smallest absolute Gasteiger partial charge is 0.227 e. The van der Waals surface area contributed by atoms with Gasteiger partial charge in [0.15, 0.2) is 12.4 Å². The summed E-state index contributed by atoms with van der Waals surface area (Å²) in [6.45, 7) is 2.35. The number of ketones is 1. The van der Waals surface area contributed by atoms with Gasteiger partial charge in [0.05, 0.1) is 7.11 Å². The number of carbonyl (C=O) groups excluding carboxylic acids is 1. The number of rotatable bonds is 4. The lowest BCUT2D eigenvalue weighted by Gasteiger charge is -2.02. The topological polar surface area (TPSA) is 30.2 Å². The van der Waals surface area contributed by atoms with E-state index in [9.17, 15) is 4.79 Å². The molecule has 0 fully saturated rings. The van der Waals surface area contributed by atoms with Gasteiger partial charge in [0.25, 0.3) is 0 Å². The third kappa shape index (κ3) is 4.17. The Labute approximate surface area is 123 Å². The van der Waals surface area contributed by atoms with Crippen LogP contribution < -0.4 is 9.30 Å². The third-order valence-corrected chi connectivity index (χ3v) is 2.72. The summed E-state index contributed by atoms with van der Waals surface area (Å²) >= 11 is 0. The zero-order chi connectivity index (χ0) is 13.0. The van der Waals surface area contributed by atoms with E-state index in [1.165, 1.54) is 0 Å². The Morgan fingerprint density at radius 3 is 2.74 bits per heavy atom. The van der Waals surface area contributed by atoms with Crippen LogP contribution in [0.1, 0.15) is 15.9 Å². The lowest BCUT2D eigenvalue weighted by molar-refractivity contribution is -0.683. The minimum atomic E-state index is 0. The molecule has 2 aromatic rings. The summed E-state index contributed by atoms with van der Waals surface area (Å²) in [6.07, 6.45) is 3.85. The molecule has 4 heteroatoms. The molecule has 2 rings (SSSR count). The zero-order valence-corrected chi connectivity index (χ0v) is 12.7. The highest BCUT2D eigenvalue weighted by Gasteiger charge is 2.12. The molecule has 0 bridgehead atoms. The summed E-state index contributed by atoms with van der Waals surface area (Å²) in [5.74, 6) is 0.777. The molecule has 0 N–H and O–H groups in total. The number of methoxy groups -OCH3 is 1. The molecule has 0 unspecified atom stereocenters. The number of benzene rings is 1. The van der Waals surface area contributed by atoms with Crippen LogP contribution in [0.5, 0.6) is 5.75 Å². The van der Waals surface area contributed by atoms with E-state index in [1.807, 2.05) is 48.1 Å². The number of pyridine rings is 1. The number of halogens is 1. The number of ether oxygens (including phenoxy) is 1. The van der Waals surface area contributed by atoms with Gasteiger partial charge in [-0.15, -0.1) is 17.0 Å². The summed E-state index contributed by atoms with van der Waals surface area (Å²) in [5, 5.41) is 0. The molecular weight excluding hydrogens is 306 g/mol. The number of hydrogen-bond acceptors (Lipinski definition) is 2. The molecule has 1 aromatic carbocycles. The van der Waals surface area contributed by atoms with Crippen LogP contribution >= 0.6 is 17.0 Å². The average Bonchev–Trinajstić information content (AvgIpc) is 2.39. The molecule has 0 radical (unpaired) electrons. The standard InChI is InChI=1S/C15H16NO2.BrH/c1-12-5-4-8-16(10-12)11-15(17)13-6-3-7-14(9-13)18-2;/h3-10H,11H2,1-2H3;1H/q+1;. The Hall–Kier alpha value is -1.68. The van der Waals surface area contributed by atoms with Crippen LogP contribution in [0.3, 0.4) is 0 Å². The van der Waals surface area contributed by atoms with Crippen molar-refractivity contribution < 1.29 is 14.1 Å². The monoisotopic (exact) mass is 322 g/mol. The maximum Gasteiger partial charge on any atom is 0.227 e. The molecule has 19 heavy (non-hydrogen) atoms. The van der Waals surface area contributed by atoms with Crippen LogP contribution in [-0.2, 0) is 6.54 Å². The SMILES string of the molecule is Br.COc1cccc(C(=O)C[n+]2cccc(C)c2)c1. The highest BCUT2D eigenvalue weighted by atomic mass is 79.9. The second-order valence-corrected chi connectivity index (χ2v) is 4.21. The van der Waals surface area contributed by atoms with Crippen molar-refractivity contribution in [2.45, 2.75) is 13.5 Å². The van der Waals surface area contributed by atoms with Gasteiger partial charge >= 0.3 is 0 Å². The molecular formula is C15H17BrNO2+. The predicted molar refractivity (Wildman–Crippen MR) is 79.0 cm³/mol. The molecule has 0 aliphatic heterocycles. The molecule has 0 aliphatic rings. The van der Waals surface area contributed by atoms with Crippen LogP contribution in [0.2, 0.25) is 0 Å². The molecule has 0 atom stereocenters. The highest BCUT2D eigenvalue weighted by molar-refractivity contribution is 8.93. The van der Waals surface area contributed by atoms with E-state index in [0.29, 0.717) is 17.9 Å². The minimum Gasteiger partial charge on any atom is -0.497 e. The molecule has 3 nitrogen and oxygen atoms in total. The van der Waals surface area contributed by atoms with Gasteiger partial charge in [-0.3, -0.25) is 4.79 Å². The fraction of sp³-hybridized carbons (Fsp3) is 0.200. The first-order chi connectivity index (χ1) is 8.69. The fourth-order valence-corrected chi connectivity index (χ4v) is 1.80. The van der Waals surface area contributed by atoms with Crippen LogP contribution in [0.15, 0.2) is 48.8 Å². The van der Waals surface area contributed by atoms with E-state index >= 15 is 0 Å². The molecule has 0 amide bonds. The van der Waals surface area contributed by atoms with Crippen LogP contribution in [0.4, 0.5) is 0 Å². The van der Waals surface area contributed by atoms with Crippen LogP contribution in [-0.4, -0.2) is 12.9 Å². The van der Waals surface area contributed by atoms with Gasteiger partial charge in [-0.05, 0) is 25.1 Å². The van der Waals surface area contributed by atoms with Gasteiger partial charge < -0.3 is 4.74 Å². The van der Waals surface area contributed by atoms with E-state index in [0.717, 1.165) is 5.56 Å².